The molecule has 10 nitrogen and oxygen atoms in total. The number of carbonyl (C=O) groups is 1. The number of fused-ring (bicyclic) bond motifs is 1. The van der Waals surface area contributed by atoms with E-state index in [0.717, 1.165) is 36.5 Å². The molecule has 2 N–H and O–H groups in total. The molecule has 0 bridgehead atoms. The fraction of sp³-hybridized carbons (Fsp3) is 0.222. The molecule has 2 atom stereocenters. The van der Waals surface area contributed by atoms with Crippen molar-refractivity contribution >= 4 is 29.1 Å². The number of ether oxygens (including phenoxy) is 1. The first-order valence-corrected chi connectivity index (χ1v) is 12.1. The normalized spacial score (nSPS) is 19.1. The molecule has 37 heavy (non-hydrogen) atoms. The molecule has 1 saturated heterocycles. The molecule has 6 rings (SSSR count). The van der Waals surface area contributed by atoms with Gasteiger partial charge < -0.3 is 24.7 Å². The Hall–Kier alpha value is -4.57. The number of benzene rings is 2. The first-order chi connectivity index (χ1) is 18.2. The number of pyridine rings is 1. The Balaban J connectivity index is 1.30. The summed E-state index contributed by atoms with van der Waals surface area (Å²) >= 11 is 0. The van der Waals surface area contributed by atoms with Crippen LogP contribution in [0.4, 0.5) is 17.5 Å². The third-order valence-electron chi connectivity index (χ3n) is 6.47. The molecule has 1 unspecified atom stereocenters. The summed E-state index contributed by atoms with van der Waals surface area (Å²) in [6.45, 7) is 1.56. The molecular formula is C27H25N7O3. The van der Waals surface area contributed by atoms with Crippen molar-refractivity contribution < 1.29 is 13.9 Å². The third-order valence-corrected chi connectivity index (χ3v) is 6.47. The van der Waals surface area contributed by atoms with Crippen LogP contribution in [0, 0.1) is 0 Å². The van der Waals surface area contributed by atoms with Gasteiger partial charge in [0.05, 0.1) is 23.1 Å². The molecule has 4 aromatic rings. The molecule has 2 aromatic heterocycles. The SMILES string of the molecule is CO[C@H]1CCN(c2ncccc2-c2nnc(NC3N=C(c4ccccc4)c4ccccc4NC3=O)o2)C1. The van der Waals surface area contributed by atoms with Gasteiger partial charge in [0.15, 0.2) is 0 Å². The first kappa shape index (κ1) is 22.9. The van der Waals surface area contributed by atoms with Gasteiger partial charge in [0, 0.05) is 37.5 Å². The van der Waals surface area contributed by atoms with Crippen LogP contribution >= 0.6 is 0 Å². The van der Waals surface area contributed by atoms with Crippen molar-refractivity contribution in [2.75, 3.05) is 35.7 Å². The van der Waals surface area contributed by atoms with Crippen molar-refractivity contribution in [3.8, 4) is 11.5 Å². The highest BCUT2D eigenvalue weighted by Gasteiger charge is 2.29. The van der Waals surface area contributed by atoms with Crippen LogP contribution in [0.1, 0.15) is 17.5 Å². The van der Waals surface area contributed by atoms with Crippen molar-refractivity contribution in [2.24, 2.45) is 4.99 Å². The summed E-state index contributed by atoms with van der Waals surface area (Å²) < 4.78 is 11.5. The summed E-state index contributed by atoms with van der Waals surface area (Å²) in [5.41, 5.74) is 3.81. The zero-order chi connectivity index (χ0) is 25.2. The largest absolute Gasteiger partial charge is 0.403 e. The lowest BCUT2D eigenvalue weighted by Gasteiger charge is -2.19. The zero-order valence-corrected chi connectivity index (χ0v) is 20.2. The van der Waals surface area contributed by atoms with Gasteiger partial charge in [-0.05, 0) is 24.6 Å². The second-order valence-corrected chi connectivity index (χ2v) is 8.80. The number of aliphatic imine (C=N–C) groups is 1. The van der Waals surface area contributed by atoms with Gasteiger partial charge in [-0.2, -0.15) is 0 Å². The van der Waals surface area contributed by atoms with Gasteiger partial charge in [-0.1, -0.05) is 53.6 Å². The summed E-state index contributed by atoms with van der Waals surface area (Å²) in [6.07, 6.45) is 1.83. The number of amides is 1. The van der Waals surface area contributed by atoms with Crippen molar-refractivity contribution in [1.29, 1.82) is 0 Å². The monoisotopic (exact) mass is 495 g/mol. The summed E-state index contributed by atoms with van der Waals surface area (Å²) in [7, 11) is 1.72. The van der Waals surface area contributed by atoms with Crippen LogP contribution in [0.25, 0.3) is 11.5 Å². The molecule has 1 fully saturated rings. The summed E-state index contributed by atoms with van der Waals surface area (Å²) in [6, 6.07) is 21.1. The standard InChI is InChI=1S/C27H25N7O3/c1-36-18-13-15-34(16-18)24-20(11-7-14-28-24)26-32-33-27(37-26)31-23-25(35)29-21-12-6-5-10-19(21)22(30-23)17-8-3-2-4-9-17/h2-12,14,18,23H,13,15-16H2,1H3,(H,29,35)(H,31,33)/t18-,23?/m0/s1. The summed E-state index contributed by atoms with van der Waals surface area (Å²) in [4.78, 5) is 24.6. The second-order valence-electron chi connectivity index (χ2n) is 8.80. The van der Waals surface area contributed by atoms with E-state index in [9.17, 15) is 4.79 Å². The van der Waals surface area contributed by atoms with Crippen LogP contribution in [0.3, 0.4) is 0 Å². The number of rotatable bonds is 6. The van der Waals surface area contributed by atoms with Crippen LogP contribution in [0.2, 0.25) is 0 Å². The number of aromatic nitrogens is 3. The Morgan fingerprint density at radius 2 is 1.84 bits per heavy atom. The topological polar surface area (TPSA) is 118 Å². The Bertz CT molecular complexity index is 1450. The number of carbonyl (C=O) groups excluding carboxylic acids is 1. The molecule has 2 aliphatic heterocycles. The van der Waals surface area contributed by atoms with E-state index >= 15 is 0 Å². The highest BCUT2D eigenvalue weighted by molar-refractivity contribution is 6.19. The number of methoxy groups -OCH3 is 1. The molecule has 0 aliphatic carbocycles. The third kappa shape index (κ3) is 4.54. The number of hydrogen-bond acceptors (Lipinski definition) is 9. The van der Waals surface area contributed by atoms with E-state index in [0.29, 0.717) is 22.9 Å². The molecule has 0 spiro atoms. The predicted octanol–water partition coefficient (Wildman–Crippen LogP) is 3.58. The van der Waals surface area contributed by atoms with Gasteiger partial charge in [-0.25, -0.2) is 9.98 Å². The number of para-hydroxylation sites is 1. The van der Waals surface area contributed by atoms with Crippen LogP contribution < -0.4 is 15.5 Å². The lowest BCUT2D eigenvalue weighted by molar-refractivity contribution is -0.116. The van der Waals surface area contributed by atoms with Crippen LogP contribution in [-0.4, -0.2) is 59.3 Å². The van der Waals surface area contributed by atoms with E-state index in [1.807, 2.05) is 66.7 Å². The van der Waals surface area contributed by atoms with Crippen molar-refractivity contribution in [1.82, 2.24) is 15.2 Å². The minimum Gasteiger partial charge on any atom is -0.403 e. The lowest BCUT2D eigenvalue weighted by Crippen LogP contribution is -2.32. The Labute approximate surface area is 213 Å². The van der Waals surface area contributed by atoms with Crippen molar-refractivity contribution in [3.05, 3.63) is 84.1 Å². The number of benzodiazepines with no additional fused rings is 1. The Kier molecular flexibility index (Phi) is 6.07. The highest BCUT2D eigenvalue weighted by Crippen LogP contribution is 2.32. The quantitative estimate of drug-likeness (QED) is 0.417. The van der Waals surface area contributed by atoms with E-state index < -0.39 is 6.17 Å². The van der Waals surface area contributed by atoms with Gasteiger partial charge in [-0.15, -0.1) is 5.10 Å². The molecule has 0 radical (unpaired) electrons. The molecular weight excluding hydrogens is 470 g/mol. The summed E-state index contributed by atoms with van der Waals surface area (Å²) in [5.74, 6) is 0.725. The van der Waals surface area contributed by atoms with E-state index in [4.69, 9.17) is 14.1 Å². The number of nitrogens with one attached hydrogen (secondary N) is 2. The molecule has 2 aliphatic rings. The maximum Gasteiger partial charge on any atom is 0.317 e. The first-order valence-electron chi connectivity index (χ1n) is 12.1. The van der Waals surface area contributed by atoms with Crippen LogP contribution in [-0.2, 0) is 9.53 Å². The van der Waals surface area contributed by atoms with E-state index in [1.54, 1.807) is 13.3 Å². The molecule has 4 heterocycles. The van der Waals surface area contributed by atoms with Crippen molar-refractivity contribution in [3.63, 3.8) is 0 Å². The molecule has 2 aromatic carbocycles. The molecule has 1 amide bonds. The van der Waals surface area contributed by atoms with Crippen molar-refractivity contribution in [2.45, 2.75) is 18.7 Å². The smallest absolute Gasteiger partial charge is 0.317 e. The maximum atomic E-state index is 13.1. The Morgan fingerprint density at radius 1 is 1.03 bits per heavy atom. The number of anilines is 3. The van der Waals surface area contributed by atoms with Gasteiger partial charge >= 0.3 is 6.01 Å². The number of hydrogen-bond donors (Lipinski definition) is 2. The lowest BCUT2D eigenvalue weighted by atomic mass is 10.0. The molecule has 0 saturated carbocycles. The minimum absolute atomic E-state index is 0.0864. The van der Waals surface area contributed by atoms with Gasteiger partial charge in [0.1, 0.15) is 5.82 Å². The molecule has 10 heteroatoms. The molecule has 186 valence electrons. The predicted molar refractivity (Wildman–Crippen MR) is 140 cm³/mol. The van der Waals surface area contributed by atoms with E-state index in [1.165, 1.54) is 0 Å². The van der Waals surface area contributed by atoms with Crippen LogP contribution in [0.5, 0.6) is 0 Å². The van der Waals surface area contributed by atoms with Gasteiger partial charge in [-0.3, -0.25) is 4.79 Å². The number of nitrogens with zero attached hydrogens (tertiary/aromatic N) is 5. The average Bonchev–Trinajstić information content (AvgIpc) is 3.59. The Morgan fingerprint density at radius 3 is 2.68 bits per heavy atom. The van der Waals surface area contributed by atoms with Crippen LogP contribution in [0.15, 0.2) is 82.3 Å². The second kappa shape index (κ2) is 9.82. The van der Waals surface area contributed by atoms with Gasteiger partial charge in [0.2, 0.25) is 6.17 Å². The van der Waals surface area contributed by atoms with E-state index in [-0.39, 0.29) is 18.0 Å². The fourth-order valence-electron chi connectivity index (χ4n) is 4.62. The summed E-state index contributed by atoms with van der Waals surface area (Å²) in [5, 5.41) is 14.3. The minimum atomic E-state index is -0.981. The maximum absolute atomic E-state index is 13.1. The van der Waals surface area contributed by atoms with Gasteiger partial charge in [0.25, 0.3) is 11.8 Å². The fourth-order valence-corrected chi connectivity index (χ4v) is 4.62. The average molecular weight is 496 g/mol. The highest BCUT2D eigenvalue weighted by atomic mass is 16.5. The zero-order valence-electron chi connectivity index (χ0n) is 20.2. The van der Waals surface area contributed by atoms with E-state index in [2.05, 4.69) is 30.7 Å².